The molecular formula is C11H11BrFNO. The number of aliphatic hydroxyl groups is 1. The van der Waals surface area contributed by atoms with Gasteiger partial charge in [-0.25, -0.2) is 4.39 Å². The summed E-state index contributed by atoms with van der Waals surface area (Å²) in [5, 5.41) is 17.9. The number of rotatable bonds is 3. The van der Waals surface area contributed by atoms with Crippen LogP contribution in [0.25, 0.3) is 0 Å². The van der Waals surface area contributed by atoms with Crippen molar-refractivity contribution >= 4 is 15.9 Å². The van der Waals surface area contributed by atoms with Crippen LogP contribution in [0.4, 0.5) is 4.39 Å². The van der Waals surface area contributed by atoms with Crippen molar-refractivity contribution in [2.24, 2.45) is 0 Å². The predicted molar refractivity (Wildman–Crippen MR) is 58.8 cm³/mol. The molecule has 15 heavy (non-hydrogen) atoms. The zero-order valence-electron chi connectivity index (χ0n) is 8.30. The van der Waals surface area contributed by atoms with Crippen molar-refractivity contribution in [3.05, 3.63) is 34.1 Å². The second-order valence-electron chi connectivity index (χ2n) is 3.52. The Morgan fingerprint density at radius 3 is 2.80 bits per heavy atom. The van der Waals surface area contributed by atoms with Gasteiger partial charge in [-0.1, -0.05) is 12.1 Å². The fraction of sp³-hybridized carbons (Fsp3) is 0.364. The van der Waals surface area contributed by atoms with E-state index in [0.717, 1.165) is 0 Å². The molecule has 4 heteroatoms. The van der Waals surface area contributed by atoms with Crippen LogP contribution in [0, 0.1) is 17.1 Å². The fourth-order valence-corrected chi connectivity index (χ4v) is 1.77. The van der Waals surface area contributed by atoms with E-state index in [1.807, 2.05) is 6.07 Å². The molecule has 0 saturated carbocycles. The molecule has 2 nitrogen and oxygen atoms in total. The molecule has 0 spiro atoms. The first-order valence-electron chi connectivity index (χ1n) is 4.52. The minimum absolute atomic E-state index is 0.143. The Balaban J connectivity index is 3.25. The van der Waals surface area contributed by atoms with Crippen LogP contribution in [-0.4, -0.2) is 11.7 Å². The largest absolute Gasteiger partial charge is 0.396 e. The minimum atomic E-state index is -0.984. The van der Waals surface area contributed by atoms with Crippen LogP contribution in [0.3, 0.4) is 0 Å². The Bertz CT molecular complexity index is 402. The van der Waals surface area contributed by atoms with Crippen LogP contribution in [0.2, 0.25) is 0 Å². The number of aliphatic hydroxyl groups excluding tert-OH is 1. The van der Waals surface area contributed by atoms with Crippen LogP contribution < -0.4 is 0 Å². The van der Waals surface area contributed by atoms with Gasteiger partial charge in [-0.05, 0) is 35.3 Å². The second-order valence-corrected chi connectivity index (χ2v) is 4.37. The maximum absolute atomic E-state index is 13.7. The summed E-state index contributed by atoms with van der Waals surface area (Å²) in [4.78, 5) is 0. The highest BCUT2D eigenvalue weighted by atomic mass is 79.9. The van der Waals surface area contributed by atoms with Gasteiger partial charge in [0.15, 0.2) is 0 Å². The third-order valence-corrected chi connectivity index (χ3v) is 3.02. The molecule has 1 unspecified atom stereocenters. The molecule has 0 radical (unpaired) electrons. The summed E-state index contributed by atoms with van der Waals surface area (Å²) < 4.78 is 14.1. The summed E-state index contributed by atoms with van der Waals surface area (Å²) in [6.07, 6.45) is 0.219. The van der Waals surface area contributed by atoms with Crippen LogP contribution in [-0.2, 0) is 5.41 Å². The van der Waals surface area contributed by atoms with Crippen LogP contribution in [0.15, 0.2) is 22.7 Å². The first-order valence-corrected chi connectivity index (χ1v) is 5.31. The van der Waals surface area contributed by atoms with Crippen LogP contribution in [0.5, 0.6) is 0 Å². The van der Waals surface area contributed by atoms with Crippen molar-refractivity contribution in [3.63, 3.8) is 0 Å². The van der Waals surface area contributed by atoms with Crippen molar-refractivity contribution < 1.29 is 9.50 Å². The third kappa shape index (κ3) is 2.36. The highest BCUT2D eigenvalue weighted by molar-refractivity contribution is 9.10. The molecule has 0 saturated heterocycles. The third-order valence-electron chi connectivity index (χ3n) is 2.40. The first kappa shape index (κ1) is 12.2. The van der Waals surface area contributed by atoms with E-state index in [2.05, 4.69) is 15.9 Å². The van der Waals surface area contributed by atoms with Crippen LogP contribution in [0.1, 0.15) is 18.9 Å². The number of nitriles is 1. The van der Waals surface area contributed by atoms with E-state index in [-0.39, 0.29) is 13.0 Å². The summed E-state index contributed by atoms with van der Waals surface area (Å²) >= 11 is 3.07. The molecule has 0 aliphatic carbocycles. The van der Waals surface area contributed by atoms with Gasteiger partial charge in [0, 0.05) is 12.2 Å². The lowest BCUT2D eigenvalue weighted by Crippen LogP contribution is -2.22. The molecule has 1 atom stereocenters. The summed E-state index contributed by atoms with van der Waals surface area (Å²) in [5.41, 5.74) is -0.670. The summed E-state index contributed by atoms with van der Waals surface area (Å²) in [6.45, 7) is 1.48. The Morgan fingerprint density at radius 1 is 1.60 bits per heavy atom. The lowest BCUT2D eigenvalue weighted by molar-refractivity contribution is 0.262. The van der Waals surface area contributed by atoms with Crippen molar-refractivity contribution in [1.29, 1.82) is 5.26 Å². The number of benzene rings is 1. The van der Waals surface area contributed by atoms with Gasteiger partial charge in [0.05, 0.1) is 16.0 Å². The molecule has 0 fully saturated rings. The lowest BCUT2D eigenvalue weighted by atomic mass is 9.81. The molecule has 1 rings (SSSR count). The molecule has 1 N–H and O–H groups in total. The molecular weight excluding hydrogens is 261 g/mol. The quantitative estimate of drug-likeness (QED) is 0.919. The van der Waals surface area contributed by atoms with E-state index < -0.39 is 11.2 Å². The zero-order chi connectivity index (χ0) is 11.5. The molecule has 80 valence electrons. The zero-order valence-corrected chi connectivity index (χ0v) is 9.88. The number of hydrogen-bond donors (Lipinski definition) is 1. The minimum Gasteiger partial charge on any atom is -0.396 e. The van der Waals surface area contributed by atoms with E-state index in [9.17, 15) is 4.39 Å². The second kappa shape index (κ2) is 4.73. The lowest BCUT2D eigenvalue weighted by Gasteiger charge is -2.21. The monoisotopic (exact) mass is 271 g/mol. The standard InChI is InChI=1S/C11H11BrFNO/c1-11(7-14,5-6-15)8-3-2-4-9(12)10(8)13/h2-4,15H,5-6H2,1H3. The normalized spacial score (nSPS) is 14.3. The maximum Gasteiger partial charge on any atom is 0.142 e. The van der Waals surface area contributed by atoms with Gasteiger partial charge in [0.2, 0.25) is 0 Å². The molecule has 0 aromatic heterocycles. The van der Waals surface area contributed by atoms with E-state index in [4.69, 9.17) is 10.4 Å². The molecule has 0 bridgehead atoms. The first-order chi connectivity index (χ1) is 7.05. The highest BCUT2D eigenvalue weighted by Crippen LogP contribution is 2.31. The van der Waals surface area contributed by atoms with Gasteiger partial charge in [-0.3, -0.25) is 0 Å². The van der Waals surface area contributed by atoms with Crippen molar-refractivity contribution in [2.75, 3.05) is 6.61 Å². The summed E-state index contributed by atoms with van der Waals surface area (Å²) in [7, 11) is 0. The van der Waals surface area contributed by atoms with Crippen LogP contribution >= 0.6 is 15.9 Å². The van der Waals surface area contributed by atoms with Crippen molar-refractivity contribution in [1.82, 2.24) is 0 Å². The van der Waals surface area contributed by atoms with E-state index >= 15 is 0 Å². The fourth-order valence-electron chi connectivity index (χ4n) is 1.40. The number of nitrogens with zero attached hydrogens (tertiary/aromatic N) is 1. The Hall–Kier alpha value is -0.920. The molecule has 0 aliphatic rings. The van der Waals surface area contributed by atoms with Gasteiger partial charge < -0.3 is 5.11 Å². The van der Waals surface area contributed by atoms with E-state index in [0.29, 0.717) is 10.0 Å². The number of hydrogen-bond acceptors (Lipinski definition) is 2. The smallest absolute Gasteiger partial charge is 0.142 e. The topological polar surface area (TPSA) is 44.0 Å². The Labute approximate surface area is 96.5 Å². The molecule has 1 aromatic carbocycles. The SMILES string of the molecule is CC(C#N)(CCO)c1cccc(Br)c1F. The average Bonchev–Trinajstić information content (AvgIpc) is 2.22. The number of halogens is 2. The van der Waals surface area contributed by atoms with Gasteiger partial charge in [0.25, 0.3) is 0 Å². The van der Waals surface area contributed by atoms with Gasteiger partial charge >= 0.3 is 0 Å². The molecule has 0 heterocycles. The predicted octanol–water partition coefficient (Wildman–Crippen LogP) is 2.75. The maximum atomic E-state index is 13.7. The Morgan fingerprint density at radius 2 is 2.27 bits per heavy atom. The summed E-state index contributed by atoms with van der Waals surface area (Å²) in [5.74, 6) is -0.435. The average molecular weight is 272 g/mol. The van der Waals surface area contributed by atoms with Crippen molar-refractivity contribution in [3.8, 4) is 6.07 Å². The molecule has 0 aliphatic heterocycles. The molecule has 1 aromatic rings. The van der Waals surface area contributed by atoms with Crippen molar-refractivity contribution in [2.45, 2.75) is 18.8 Å². The van der Waals surface area contributed by atoms with Gasteiger partial charge in [0.1, 0.15) is 5.82 Å². The highest BCUT2D eigenvalue weighted by Gasteiger charge is 2.29. The molecule has 0 amide bonds. The van der Waals surface area contributed by atoms with Gasteiger partial charge in [-0.15, -0.1) is 0 Å². The van der Waals surface area contributed by atoms with E-state index in [1.165, 1.54) is 0 Å². The van der Waals surface area contributed by atoms with Gasteiger partial charge in [-0.2, -0.15) is 5.26 Å². The van der Waals surface area contributed by atoms with E-state index in [1.54, 1.807) is 25.1 Å². The Kier molecular flexibility index (Phi) is 3.83. The summed E-state index contributed by atoms with van der Waals surface area (Å²) in [6, 6.07) is 6.87.